The second kappa shape index (κ2) is 22.4. The summed E-state index contributed by atoms with van der Waals surface area (Å²) >= 11 is 0. The van der Waals surface area contributed by atoms with Crippen molar-refractivity contribution in [3.63, 3.8) is 0 Å². The van der Waals surface area contributed by atoms with Crippen LogP contribution in [0.4, 0.5) is 13.2 Å². The molecule has 0 unspecified atom stereocenters. The number of hydrogen-bond acceptors (Lipinski definition) is 6. The number of carbonyl (C=O) groups excluding carboxylic acids is 5. The van der Waals surface area contributed by atoms with Crippen LogP contribution in [0.3, 0.4) is 0 Å². The predicted molar refractivity (Wildman–Crippen MR) is 235 cm³/mol. The molecule has 14 heteroatoms. The summed E-state index contributed by atoms with van der Waals surface area (Å²) in [6.07, 6.45) is 3.90. The van der Waals surface area contributed by atoms with Crippen LogP contribution in [0.1, 0.15) is 129 Å². The number of hydrogen-bond donors (Lipinski definition) is 5. The van der Waals surface area contributed by atoms with Crippen LogP contribution < -0.4 is 26.6 Å². The smallest absolute Gasteiger partial charge is 0.354 e. The van der Waals surface area contributed by atoms with Gasteiger partial charge in [0.15, 0.2) is 0 Å². The molecule has 1 heterocycles. The van der Waals surface area contributed by atoms with Crippen molar-refractivity contribution in [3.05, 3.63) is 107 Å². The lowest BCUT2D eigenvalue weighted by Gasteiger charge is -2.26. The number of rotatable bonds is 23. The highest BCUT2D eigenvalue weighted by atomic mass is 19.4. The van der Waals surface area contributed by atoms with Crippen molar-refractivity contribution in [3.8, 4) is 0 Å². The predicted octanol–water partition coefficient (Wildman–Crippen LogP) is 7.06. The number of likely N-dealkylation sites (tertiary alicyclic amines) is 1. The Morgan fingerprint density at radius 3 is 1.71 bits per heavy atom. The Balaban J connectivity index is 1.11. The van der Waals surface area contributed by atoms with Crippen molar-refractivity contribution in [1.82, 2.24) is 31.5 Å². The van der Waals surface area contributed by atoms with Crippen molar-refractivity contribution >= 4 is 29.5 Å². The Bertz CT molecular complexity index is 1910. The molecule has 3 aromatic carbocycles. The number of nitrogens with one attached hydrogen (secondary N) is 5. The SMILES string of the molecule is CCCCCCNC(=O)[C@H](CN[C@H](c1ccc(C(=O)N2C[C@@H](C(=O)N[C@H]3C[C@@H]3c3ccccc3)[C@H](C(=O)N[C@H]3C[C@@H]3c3ccccc3)C2)cc1)C(F)(F)F)NC(=O)CCCCCC. The largest absolute Gasteiger partial charge is 0.407 e. The van der Waals surface area contributed by atoms with Crippen LogP contribution in [0.2, 0.25) is 0 Å². The third-order valence-electron chi connectivity index (χ3n) is 12.6. The van der Waals surface area contributed by atoms with Crippen molar-refractivity contribution in [1.29, 1.82) is 0 Å². The minimum atomic E-state index is -4.78. The molecule has 2 aliphatic carbocycles. The number of nitrogens with zero attached hydrogens (tertiary/aromatic N) is 1. The van der Waals surface area contributed by atoms with E-state index in [1.165, 1.54) is 29.2 Å². The summed E-state index contributed by atoms with van der Waals surface area (Å²) in [6, 6.07) is 21.2. The van der Waals surface area contributed by atoms with E-state index in [1.54, 1.807) is 0 Å². The molecule has 3 fully saturated rings. The third-order valence-corrected chi connectivity index (χ3v) is 12.6. The van der Waals surface area contributed by atoms with E-state index in [0.717, 1.165) is 62.5 Å². The fourth-order valence-corrected chi connectivity index (χ4v) is 8.66. The van der Waals surface area contributed by atoms with Gasteiger partial charge in [-0.2, -0.15) is 13.2 Å². The van der Waals surface area contributed by atoms with E-state index < -0.39 is 54.4 Å². The molecule has 2 saturated carbocycles. The monoisotopic (exact) mass is 872 g/mol. The zero-order valence-electron chi connectivity index (χ0n) is 36.4. The van der Waals surface area contributed by atoms with Gasteiger partial charge >= 0.3 is 6.18 Å². The average molecular weight is 873 g/mol. The number of halogens is 3. The van der Waals surface area contributed by atoms with Crippen LogP contribution in [-0.4, -0.2) is 84.9 Å². The van der Waals surface area contributed by atoms with E-state index in [1.807, 2.05) is 67.6 Å². The first-order chi connectivity index (χ1) is 30.4. The lowest BCUT2D eigenvalue weighted by molar-refractivity contribution is -0.158. The van der Waals surface area contributed by atoms with Gasteiger partial charge in [0.05, 0.1) is 11.8 Å². The Morgan fingerprint density at radius 1 is 0.683 bits per heavy atom. The van der Waals surface area contributed by atoms with Gasteiger partial charge in [-0.25, -0.2) is 0 Å². The van der Waals surface area contributed by atoms with Gasteiger partial charge < -0.3 is 26.2 Å². The van der Waals surface area contributed by atoms with Crippen LogP contribution >= 0.6 is 0 Å². The minimum Gasteiger partial charge on any atom is -0.354 e. The van der Waals surface area contributed by atoms with Gasteiger partial charge in [0.25, 0.3) is 5.91 Å². The van der Waals surface area contributed by atoms with Crippen molar-refractivity contribution in [2.45, 2.75) is 127 Å². The molecule has 6 rings (SSSR count). The maximum Gasteiger partial charge on any atom is 0.407 e. The summed E-state index contributed by atoms with van der Waals surface area (Å²) in [5.74, 6) is -3.41. The summed E-state index contributed by atoms with van der Waals surface area (Å²) in [6.45, 7) is 3.92. The zero-order valence-corrected chi connectivity index (χ0v) is 36.4. The quantitative estimate of drug-likeness (QED) is 0.0645. The van der Waals surface area contributed by atoms with Crippen LogP contribution in [0, 0.1) is 11.8 Å². The second-order valence-electron chi connectivity index (χ2n) is 17.4. The van der Waals surface area contributed by atoms with Gasteiger partial charge in [-0.15, -0.1) is 0 Å². The lowest BCUT2D eigenvalue weighted by atomic mass is 9.94. The summed E-state index contributed by atoms with van der Waals surface area (Å²) in [5.41, 5.74) is 2.15. The Morgan fingerprint density at radius 2 is 1.21 bits per heavy atom. The van der Waals surface area contributed by atoms with Gasteiger partial charge in [-0.3, -0.25) is 29.3 Å². The molecule has 1 aliphatic heterocycles. The highest BCUT2D eigenvalue weighted by Crippen LogP contribution is 2.43. The topological polar surface area (TPSA) is 149 Å². The summed E-state index contributed by atoms with van der Waals surface area (Å²) in [7, 11) is 0. The highest BCUT2D eigenvalue weighted by molar-refractivity contribution is 5.97. The normalized spacial score (nSPS) is 22.4. The van der Waals surface area contributed by atoms with E-state index in [2.05, 4.69) is 33.5 Å². The van der Waals surface area contributed by atoms with Crippen LogP contribution in [0.15, 0.2) is 84.9 Å². The maximum atomic E-state index is 14.7. The first kappa shape index (κ1) is 47.2. The molecule has 5 amide bonds. The zero-order chi connectivity index (χ0) is 44.9. The van der Waals surface area contributed by atoms with Gasteiger partial charge in [-0.05, 0) is 54.5 Å². The number of unbranched alkanes of at least 4 members (excludes halogenated alkanes) is 6. The van der Waals surface area contributed by atoms with Gasteiger partial charge in [-0.1, -0.05) is 125 Å². The summed E-state index contributed by atoms with van der Waals surface area (Å²) < 4.78 is 44.0. The molecule has 3 aliphatic rings. The average Bonchev–Trinajstić information content (AvgIpc) is 4.19. The van der Waals surface area contributed by atoms with Crippen molar-refractivity contribution in [2.24, 2.45) is 11.8 Å². The molecule has 3 aromatic rings. The molecule has 5 N–H and O–H groups in total. The van der Waals surface area contributed by atoms with Crippen molar-refractivity contribution in [2.75, 3.05) is 26.2 Å². The third kappa shape index (κ3) is 13.4. The van der Waals surface area contributed by atoms with Crippen LogP contribution in [0.25, 0.3) is 0 Å². The Hall–Kier alpha value is -5.24. The van der Waals surface area contributed by atoms with Crippen molar-refractivity contribution < 1.29 is 37.1 Å². The first-order valence-electron chi connectivity index (χ1n) is 22.8. The molecular formula is C49H63F3N6O5. The maximum absolute atomic E-state index is 14.7. The lowest BCUT2D eigenvalue weighted by Crippen LogP contribution is -2.53. The number of amides is 5. The molecule has 8 atom stereocenters. The minimum absolute atomic E-state index is 0.0286. The number of benzene rings is 3. The molecule has 0 radical (unpaired) electrons. The number of carbonyl (C=O) groups is 5. The second-order valence-corrected chi connectivity index (χ2v) is 17.4. The fraction of sp³-hybridized carbons (Fsp3) is 0.531. The molecule has 340 valence electrons. The van der Waals surface area contributed by atoms with Crippen LogP contribution in [-0.2, 0) is 19.2 Å². The molecule has 0 bridgehead atoms. The van der Waals surface area contributed by atoms with E-state index in [9.17, 15) is 37.1 Å². The Kier molecular flexibility index (Phi) is 16.8. The molecular weight excluding hydrogens is 810 g/mol. The standard InChI is InChI=1S/C49H63F3N6O5/c1-3-5-7-15-21-43(59)55-42(47(62)53-26-16-8-6-4-2)29-54-44(49(50,51)52)34-22-24-35(25-23-34)48(63)58-30-38(45(60)56-40-27-36(40)32-17-11-9-12-18-32)39(31-58)46(61)57-41-28-37(41)33-19-13-10-14-20-33/h9-14,17-20,22-25,36-42,44,54H,3-8,15-16,21,26-31H2,1-2H3,(H,53,62)(H,55,59)(H,56,60)(H,57,61)/t36-,37-,38-,39-,40+,41+,42+,44-/m1/s1. The highest BCUT2D eigenvalue weighted by Gasteiger charge is 2.49. The van der Waals surface area contributed by atoms with E-state index in [4.69, 9.17) is 0 Å². The first-order valence-corrected chi connectivity index (χ1v) is 22.8. The molecule has 63 heavy (non-hydrogen) atoms. The molecule has 1 saturated heterocycles. The van der Waals surface area contributed by atoms with Gasteiger partial charge in [0.2, 0.25) is 23.6 Å². The summed E-state index contributed by atoms with van der Waals surface area (Å²) in [4.78, 5) is 69.1. The Labute approximate surface area is 369 Å². The summed E-state index contributed by atoms with van der Waals surface area (Å²) in [5, 5.41) is 14.1. The number of alkyl halides is 3. The van der Waals surface area contributed by atoms with E-state index in [0.29, 0.717) is 19.4 Å². The van der Waals surface area contributed by atoms with Gasteiger partial charge in [0.1, 0.15) is 12.1 Å². The van der Waals surface area contributed by atoms with Crippen LogP contribution in [0.5, 0.6) is 0 Å². The molecule has 0 spiro atoms. The molecule has 0 aromatic heterocycles. The van der Waals surface area contributed by atoms with E-state index >= 15 is 0 Å². The van der Waals surface area contributed by atoms with Gasteiger partial charge in [0, 0.05) is 62.1 Å². The van der Waals surface area contributed by atoms with E-state index in [-0.39, 0.29) is 66.4 Å². The molecule has 11 nitrogen and oxygen atoms in total. The fourth-order valence-electron chi connectivity index (χ4n) is 8.66.